The minimum atomic E-state index is -0.189. The van der Waals surface area contributed by atoms with Crippen molar-refractivity contribution in [1.82, 2.24) is 4.98 Å². The minimum absolute atomic E-state index is 0.189. The number of aryl methyl sites for hydroxylation is 1. The number of pyridine rings is 1. The molecule has 1 aliphatic rings. The van der Waals surface area contributed by atoms with E-state index >= 15 is 0 Å². The number of aliphatic hydroxyl groups excluding tert-OH is 1. The fourth-order valence-electron chi connectivity index (χ4n) is 1.86. The molecule has 1 N–H and O–H groups in total. The standard InChI is InChI=1S/C11H16N2O/c1-9-4-5-12-11(7-9)13-6-2-3-10(14)8-13/h4-5,7,10,14H,2-3,6,8H2,1H3/t10-/m0/s1. The van der Waals surface area contributed by atoms with Crippen LogP contribution in [0.3, 0.4) is 0 Å². The van der Waals surface area contributed by atoms with Gasteiger partial charge in [-0.3, -0.25) is 0 Å². The number of β-amino-alcohol motifs (C(OH)–C–C–N with tert-alkyl or cyclic N) is 1. The quantitative estimate of drug-likeness (QED) is 0.729. The van der Waals surface area contributed by atoms with Crippen molar-refractivity contribution in [2.45, 2.75) is 25.9 Å². The Morgan fingerprint density at radius 1 is 1.57 bits per heavy atom. The maximum atomic E-state index is 9.54. The van der Waals surface area contributed by atoms with Crippen molar-refractivity contribution in [3.63, 3.8) is 0 Å². The van der Waals surface area contributed by atoms with Crippen molar-refractivity contribution < 1.29 is 5.11 Å². The summed E-state index contributed by atoms with van der Waals surface area (Å²) in [4.78, 5) is 6.47. The van der Waals surface area contributed by atoms with Crippen LogP contribution >= 0.6 is 0 Å². The smallest absolute Gasteiger partial charge is 0.128 e. The number of hydrogen-bond donors (Lipinski definition) is 1. The second-order valence-corrected chi connectivity index (χ2v) is 3.93. The fraction of sp³-hybridized carbons (Fsp3) is 0.545. The van der Waals surface area contributed by atoms with Crippen LogP contribution in [0.25, 0.3) is 0 Å². The number of piperidine rings is 1. The molecule has 1 saturated heterocycles. The molecule has 76 valence electrons. The molecule has 0 unspecified atom stereocenters. The summed E-state index contributed by atoms with van der Waals surface area (Å²) in [5.41, 5.74) is 1.22. The number of rotatable bonds is 1. The van der Waals surface area contributed by atoms with Gasteiger partial charge >= 0.3 is 0 Å². The monoisotopic (exact) mass is 192 g/mol. The van der Waals surface area contributed by atoms with E-state index in [1.165, 1.54) is 5.56 Å². The van der Waals surface area contributed by atoms with Crippen LogP contribution in [0.5, 0.6) is 0 Å². The highest BCUT2D eigenvalue weighted by atomic mass is 16.3. The van der Waals surface area contributed by atoms with Gasteiger partial charge in [0.15, 0.2) is 0 Å². The van der Waals surface area contributed by atoms with Crippen molar-refractivity contribution >= 4 is 5.82 Å². The summed E-state index contributed by atoms with van der Waals surface area (Å²) in [7, 11) is 0. The zero-order valence-corrected chi connectivity index (χ0v) is 8.48. The Labute approximate surface area is 84.4 Å². The third kappa shape index (κ3) is 2.04. The van der Waals surface area contributed by atoms with Crippen LogP contribution in [0.4, 0.5) is 5.82 Å². The third-order valence-corrected chi connectivity index (χ3v) is 2.62. The predicted octanol–water partition coefficient (Wildman–Crippen LogP) is 1.35. The van der Waals surface area contributed by atoms with E-state index in [1.54, 1.807) is 0 Å². The first-order valence-corrected chi connectivity index (χ1v) is 5.11. The van der Waals surface area contributed by atoms with E-state index in [2.05, 4.69) is 22.9 Å². The van der Waals surface area contributed by atoms with Crippen LogP contribution in [-0.4, -0.2) is 29.3 Å². The van der Waals surface area contributed by atoms with Gasteiger partial charge in [0.05, 0.1) is 6.10 Å². The molecule has 0 aliphatic carbocycles. The van der Waals surface area contributed by atoms with Gasteiger partial charge in [-0.15, -0.1) is 0 Å². The predicted molar refractivity (Wildman–Crippen MR) is 56.4 cm³/mol. The van der Waals surface area contributed by atoms with Gasteiger partial charge in [-0.05, 0) is 37.5 Å². The van der Waals surface area contributed by atoms with Gasteiger partial charge in [0, 0.05) is 19.3 Å². The zero-order chi connectivity index (χ0) is 9.97. The van der Waals surface area contributed by atoms with Crippen molar-refractivity contribution in [2.75, 3.05) is 18.0 Å². The molecule has 1 fully saturated rings. The SMILES string of the molecule is Cc1ccnc(N2CCC[C@H](O)C2)c1. The van der Waals surface area contributed by atoms with Crippen LogP contribution in [0.2, 0.25) is 0 Å². The van der Waals surface area contributed by atoms with Gasteiger partial charge in [-0.2, -0.15) is 0 Å². The van der Waals surface area contributed by atoms with E-state index in [-0.39, 0.29) is 6.10 Å². The molecule has 0 aromatic carbocycles. The van der Waals surface area contributed by atoms with Crippen molar-refractivity contribution in [3.8, 4) is 0 Å². The largest absolute Gasteiger partial charge is 0.391 e. The Bertz CT molecular complexity index is 314. The summed E-state index contributed by atoms with van der Waals surface area (Å²) in [6, 6.07) is 4.06. The highest BCUT2D eigenvalue weighted by molar-refractivity contribution is 5.41. The molecular weight excluding hydrogens is 176 g/mol. The highest BCUT2D eigenvalue weighted by Crippen LogP contribution is 2.18. The van der Waals surface area contributed by atoms with Crippen molar-refractivity contribution in [2.24, 2.45) is 0 Å². The topological polar surface area (TPSA) is 36.4 Å². The average molecular weight is 192 g/mol. The lowest BCUT2D eigenvalue weighted by molar-refractivity contribution is 0.154. The Kier molecular flexibility index (Phi) is 2.68. The van der Waals surface area contributed by atoms with Gasteiger partial charge in [0.2, 0.25) is 0 Å². The summed E-state index contributed by atoms with van der Waals surface area (Å²) in [6.45, 7) is 3.79. The number of aliphatic hydroxyl groups is 1. The first-order chi connectivity index (χ1) is 6.75. The molecule has 2 heterocycles. The number of hydrogen-bond acceptors (Lipinski definition) is 3. The second-order valence-electron chi connectivity index (χ2n) is 3.93. The molecule has 1 atom stereocenters. The molecule has 0 radical (unpaired) electrons. The van der Waals surface area contributed by atoms with Gasteiger partial charge in [-0.1, -0.05) is 0 Å². The first-order valence-electron chi connectivity index (χ1n) is 5.11. The Hall–Kier alpha value is -1.09. The van der Waals surface area contributed by atoms with Crippen molar-refractivity contribution in [3.05, 3.63) is 23.9 Å². The summed E-state index contributed by atoms with van der Waals surface area (Å²) in [6.07, 6.45) is 3.61. The van der Waals surface area contributed by atoms with Gasteiger partial charge in [0.1, 0.15) is 5.82 Å². The summed E-state index contributed by atoms with van der Waals surface area (Å²) in [5, 5.41) is 9.54. The van der Waals surface area contributed by atoms with Crippen LogP contribution < -0.4 is 4.90 Å². The Morgan fingerprint density at radius 2 is 2.43 bits per heavy atom. The molecule has 2 rings (SSSR count). The lowest BCUT2D eigenvalue weighted by Crippen LogP contribution is -2.38. The molecule has 0 bridgehead atoms. The molecule has 1 aromatic heterocycles. The van der Waals surface area contributed by atoms with E-state index < -0.39 is 0 Å². The molecule has 3 nitrogen and oxygen atoms in total. The molecule has 0 saturated carbocycles. The van der Waals surface area contributed by atoms with E-state index in [9.17, 15) is 5.11 Å². The van der Waals surface area contributed by atoms with E-state index in [0.717, 1.165) is 31.7 Å². The third-order valence-electron chi connectivity index (χ3n) is 2.62. The highest BCUT2D eigenvalue weighted by Gasteiger charge is 2.18. The van der Waals surface area contributed by atoms with E-state index in [1.807, 2.05) is 12.3 Å². The van der Waals surface area contributed by atoms with Crippen LogP contribution in [0.1, 0.15) is 18.4 Å². The lowest BCUT2D eigenvalue weighted by Gasteiger charge is -2.31. The van der Waals surface area contributed by atoms with Gasteiger partial charge < -0.3 is 10.0 Å². The van der Waals surface area contributed by atoms with Crippen molar-refractivity contribution in [1.29, 1.82) is 0 Å². The normalized spacial score (nSPS) is 22.4. The molecule has 14 heavy (non-hydrogen) atoms. The lowest BCUT2D eigenvalue weighted by atomic mass is 10.1. The number of anilines is 1. The molecule has 1 aliphatic heterocycles. The molecule has 0 spiro atoms. The summed E-state index contributed by atoms with van der Waals surface area (Å²) < 4.78 is 0. The Balaban J connectivity index is 2.14. The molecule has 3 heteroatoms. The Morgan fingerprint density at radius 3 is 3.14 bits per heavy atom. The molecule has 0 amide bonds. The minimum Gasteiger partial charge on any atom is -0.391 e. The molecule has 1 aromatic rings. The summed E-state index contributed by atoms with van der Waals surface area (Å²) in [5.74, 6) is 0.990. The second kappa shape index (κ2) is 3.96. The maximum absolute atomic E-state index is 9.54. The first kappa shape index (κ1) is 9.46. The van der Waals surface area contributed by atoms with Crippen LogP contribution in [0, 0.1) is 6.92 Å². The molecular formula is C11H16N2O. The number of nitrogens with zero attached hydrogens (tertiary/aromatic N) is 2. The maximum Gasteiger partial charge on any atom is 0.128 e. The summed E-state index contributed by atoms with van der Waals surface area (Å²) >= 11 is 0. The van der Waals surface area contributed by atoms with Crippen LogP contribution in [0.15, 0.2) is 18.3 Å². The van der Waals surface area contributed by atoms with Gasteiger partial charge in [0.25, 0.3) is 0 Å². The van der Waals surface area contributed by atoms with Crippen LogP contribution in [-0.2, 0) is 0 Å². The number of aromatic nitrogens is 1. The average Bonchev–Trinajstić information content (AvgIpc) is 2.18. The zero-order valence-electron chi connectivity index (χ0n) is 8.48. The van der Waals surface area contributed by atoms with Gasteiger partial charge in [-0.25, -0.2) is 4.98 Å². The van der Waals surface area contributed by atoms with E-state index in [4.69, 9.17) is 0 Å². The fourth-order valence-corrected chi connectivity index (χ4v) is 1.86. The van der Waals surface area contributed by atoms with E-state index in [0.29, 0.717) is 0 Å².